The molecule has 0 heterocycles. The van der Waals surface area contributed by atoms with Crippen LogP contribution in [0.3, 0.4) is 0 Å². The molecule has 0 aliphatic heterocycles. The summed E-state index contributed by atoms with van der Waals surface area (Å²) in [6.45, 7) is 0. The van der Waals surface area contributed by atoms with Gasteiger partial charge in [-0.3, -0.25) is 5.43 Å². The molecule has 74 valence electrons. The first-order valence-electron chi connectivity index (χ1n) is 3.64. The standard InChI is InChI=1S/C8H7Br2N3S/c9-6-2-1-3-7(10)5(6)4-12-13-8(11)14/h1-4H,(H3,11,13,14)/b12-4+. The molecule has 0 fully saturated rings. The molecule has 0 bridgehead atoms. The van der Waals surface area contributed by atoms with Crippen molar-refractivity contribution >= 4 is 55.4 Å². The maximum atomic E-state index is 5.22. The van der Waals surface area contributed by atoms with E-state index < -0.39 is 0 Å². The van der Waals surface area contributed by atoms with E-state index in [1.165, 1.54) is 0 Å². The zero-order valence-corrected chi connectivity index (χ0v) is 11.0. The molecule has 1 rings (SSSR count). The zero-order valence-electron chi connectivity index (χ0n) is 7.00. The average molecular weight is 337 g/mol. The third-order valence-corrected chi connectivity index (χ3v) is 2.84. The van der Waals surface area contributed by atoms with Crippen molar-refractivity contribution in [1.82, 2.24) is 5.43 Å². The lowest BCUT2D eigenvalue weighted by atomic mass is 10.2. The van der Waals surface area contributed by atoms with Crippen LogP contribution in [0.1, 0.15) is 5.56 Å². The zero-order chi connectivity index (χ0) is 10.6. The maximum absolute atomic E-state index is 5.22. The summed E-state index contributed by atoms with van der Waals surface area (Å²) in [4.78, 5) is 0. The molecule has 6 heteroatoms. The minimum absolute atomic E-state index is 0.143. The summed E-state index contributed by atoms with van der Waals surface area (Å²) in [5.74, 6) is 0. The fourth-order valence-electron chi connectivity index (χ4n) is 0.794. The Morgan fingerprint density at radius 2 is 2.00 bits per heavy atom. The number of hydrogen-bond acceptors (Lipinski definition) is 2. The number of rotatable bonds is 2. The van der Waals surface area contributed by atoms with E-state index >= 15 is 0 Å². The lowest BCUT2D eigenvalue weighted by molar-refractivity contribution is 1.04. The first-order chi connectivity index (χ1) is 6.61. The van der Waals surface area contributed by atoms with Gasteiger partial charge in [0.25, 0.3) is 0 Å². The number of nitrogens with zero attached hydrogens (tertiary/aromatic N) is 1. The third kappa shape index (κ3) is 3.36. The molecule has 0 unspecified atom stereocenters. The summed E-state index contributed by atoms with van der Waals surface area (Å²) in [6, 6.07) is 5.77. The topological polar surface area (TPSA) is 50.4 Å². The normalized spacial score (nSPS) is 10.4. The highest BCUT2D eigenvalue weighted by atomic mass is 79.9. The van der Waals surface area contributed by atoms with Gasteiger partial charge >= 0.3 is 0 Å². The van der Waals surface area contributed by atoms with Crippen LogP contribution < -0.4 is 11.2 Å². The summed E-state index contributed by atoms with van der Waals surface area (Å²) in [5, 5.41) is 4.00. The Morgan fingerprint density at radius 1 is 1.43 bits per heavy atom. The lowest BCUT2D eigenvalue weighted by Crippen LogP contribution is -2.24. The number of benzene rings is 1. The SMILES string of the molecule is NC(=S)N/N=C/c1c(Br)cccc1Br. The molecular weight excluding hydrogens is 330 g/mol. The van der Waals surface area contributed by atoms with Gasteiger partial charge in [-0.05, 0) is 24.4 Å². The number of halogens is 2. The Labute approximate surface area is 104 Å². The lowest BCUT2D eigenvalue weighted by Gasteiger charge is -2.00. The number of nitrogens with two attached hydrogens (primary N) is 1. The third-order valence-electron chi connectivity index (χ3n) is 1.37. The molecule has 0 amide bonds. The molecule has 1 aromatic rings. The molecule has 0 aliphatic carbocycles. The van der Waals surface area contributed by atoms with Crippen molar-refractivity contribution in [1.29, 1.82) is 0 Å². The summed E-state index contributed by atoms with van der Waals surface area (Å²) >= 11 is 11.4. The Hall–Kier alpha value is -0.460. The van der Waals surface area contributed by atoms with E-state index in [1.807, 2.05) is 18.2 Å². The van der Waals surface area contributed by atoms with Crippen molar-refractivity contribution in [3.05, 3.63) is 32.7 Å². The van der Waals surface area contributed by atoms with Crippen LogP contribution in [0, 0.1) is 0 Å². The van der Waals surface area contributed by atoms with Gasteiger partial charge in [-0.2, -0.15) is 5.10 Å². The summed E-state index contributed by atoms with van der Waals surface area (Å²) in [5.41, 5.74) is 8.63. The molecular formula is C8H7Br2N3S. The van der Waals surface area contributed by atoms with Gasteiger partial charge in [-0.1, -0.05) is 37.9 Å². The van der Waals surface area contributed by atoms with E-state index in [2.05, 4.69) is 54.6 Å². The van der Waals surface area contributed by atoms with E-state index in [9.17, 15) is 0 Å². The monoisotopic (exact) mass is 335 g/mol. The fourth-order valence-corrected chi connectivity index (χ4v) is 2.05. The second-order valence-electron chi connectivity index (χ2n) is 2.37. The van der Waals surface area contributed by atoms with Crippen LogP contribution in [-0.2, 0) is 0 Å². The Balaban J connectivity index is 2.85. The fraction of sp³-hybridized carbons (Fsp3) is 0. The Kier molecular flexibility index (Phi) is 4.50. The first kappa shape index (κ1) is 11.6. The van der Waals surface area contributed by atoms with Gasteiger partial charge in [-0.25, -0.2) is 0 Å². The van der Waals surface area contributed by atoms with Gasteiger partial charge in [-0.15, -0.1) is 0 Å². The van der Waals surface area contributed by atoms with E-state index in [-0.39, 0.29) is 5.11 Å². The van der Waals surface area contributed by atoms with Crippen LogP contribution in [0.15, 0.2) is 32.2 Å². The van der Waals surface area contributed by atoms with Crippen molar-refractivity contribution in [3.63, 3.8) is 0 Å². The molecule has 0 aromatic heterocycles. The number of hydrazone groups is 1. The molecule has 0 aliphatic rings. The van der Waals surface area contributed by atoms with E-state index in [4.69, 9.17) is 5.73 Å². The molecule has 0 radical (unpaired) electrons. The molecule has 0 saturated carbocycles. The molecule has 1 aromatic carbocycles. The highest BCUT2D eigenvalue weighted by Gasteiger charge is 2.00. The number of thiocarbonyl (C=S) groups is 1. The molecule has 14 heavy (non-hydrogen) atoms. The summed E-state index contributed by atoms with van der Waals surface area (Å²) < 4.78 is 1.89. The first-order valence-corrected chi connectivity index (χ1v) is 5.63. The van der Waals surface area contributed by atoms with Gasteiger partial charge in [0.15, 0.2) is 5.11 Å². The highest BCUT2D eigenvalue weighted by molar-refractivity contribution is 9.11. The van der Waals surface area contributed by atoms with Crippen molar-refractivity contribution in [2.45, 2.75) is 0 Å². The predicted molar refractivity (Wildman–Crippen MR) is 69.4 cm³/mol. The van der Waals surface area contributed by atoms with Gasteiger partial charge in [0.2, 0.25) is 0 Å². The van der Waals surface area contributed by atoms with Crippen LogP contribution in [0.5, 0.6) is 0 Å². The number of nitrogens with one attached hydrogen (secondary N) is 1. The summed E-state index contributed by atoms with van der Waals surface area (Å²) in [6.07, 6.45) is 1.63. The predicted octanol–water partition coefficient (Wildman–Crippen LogP) is 2.38. The highest BCUT2D eigenvalue weighted by Crippen LogP contribution is 2.22. The van der Waals surface area contributed by atoms with Crippen LogP contribution in [0.25, 0.3) is 0 Å². The Morgan fingerprint density at radius 3 is 2.50 bits per heavy atom. The quantitative estimate of drug-likeness (QED) is 0.495. The molecule has 3 N–H and O–H groups in total. The maximum Gasteiger partial charge on any atom is 0.184 e. The second kappa shape index (κ2) is 5.43. The van der Waals surface area contributed by atoms with Crippen molar-refractivity contribution in [3.8, 4) is 0 Å². The van der Waals surface area contributed by atoms with E-state index in [0.717, 1.165) is 14.5 Å². The number of hydrogen-bond donors (Lipinski definition) is 2. The van der Waals surface area contributed by atoms with E-state index in [1.54, 1.807) is 6.21 Å². The minimum atomic E-state index is 0.143. The minimum Gasteiger partial charge on any atom is -0.375 e. The van der Waals surface area contributed by atoms with Crippen LogP contribution in [-0.4, -0.2) is 11.3 Å². The summed E-state index contributed by atoms with van der Waals surface area (Å²) in [7, 11) is 0. The molecule has 3 nitrogen and oxygen atoms in total. The van der Waals surface area contributed by atoms with Crippen molar-refractivity contribution in [2.75, 3.05) is 0 Å². The molecule has 0 saturated heterocycles. The average Bonchev–Trinajstić information content (AvgIpc) is 2.09. The van der Waals surface area contributed by atoms with Gasteiger partial charge < -0.3 is 5.73 Å². The van der Waals surface area contributed by atoms with Gasteiger partial charge in [0.1, 0.15) is 0 Å². The van der Waals surface area contributed by atoms with Gasteiger partial charge in [0, 0.05) is 14.5 Å². The smallest absolute Gasteiger partial charge is 0.184 e. The molecule has 0 atom stereocenters. The largest absolute Gasteiger partial charge is 0.375 e. The second-order valence-corrected chi connectivity index (χ2v) is 4.52. The van der Waals surface area contributed by atoms with Crippen LogP contribution >= 0.6 is 44.1 Å². The van der Waals surface area contributed by atoms with E-state index in [0.29, 0.717) is 0 Å². The van der Waals surface area contributed by atoms with Crippen molar-refractivity contribution < 1.29 is 0 Å². The van der Waals surface area contributed by atoms with Crippen molar-refractivity contribution in [2.24, 2.45) is 10.8 Å². The Bertz CT molecular complexity index is 359. The van der Waals surface area contributed by atoms with Gasteiger partial charge in [0.05, 0.1) is 6.21 Å². The van der Waals surface area contributed by atoms with Crippen LogP contribution in [0.2, 0.25) is 0 Å². The van der Waals surface area contributed by atoms with Crippen LogP contribution in [0.4, 0.5) is 0 Å². The molecule has 0 spiro atoms.